The van der Waals surface area contributed by atoms with E-state index in [2.05, 4.69) is 17.8 Å². The summed E-state index contributed by atoms with van der Waals surface area (Å²) in [6.45, 7) is 5.26. The third-order valence-corrected chi connectivity index (χ3v) is 2.54. The SMILES string of the molecule is CCCCCCNNCCCCCCN. The van der Waals surface area contributed by atoms with Gasteiger partial charge in [-0.05, 0) is 25.8 Å². The molecule has 0 aliphatic carbocycles. The van der Waals surface area contributed by atoms with Crippen molar-refractivity contribution >= 4 is 0 Å². The van der Waals surface area contributed by atoms with E-state index in [0.717, 1.165) is 19.6 Å². The highest BCUT2D eigenvalue weighted by Gasteiger charge is 1.90. The van der Waals surface area contributed by atoms with Gasteiger partial charge in [0.05, 0.1) is 0 Å². The van der Waals surface area contributed by atoms with Crippen LogP contribution >= 0.6 is 0 Å². The molecule has 3 nitrogen and oxygen atoms in total. The fourth-order valence-corrected chi connectivity index (χ4v) is 1.53. The van der Waals surface area contributed by atoms with Crippen molar-refractivity contribution in [3.8, 4) is 0 Å². The van der Waals surface area contributed by atoms with Crippen molar-refractivity contribution in [2.45, 2.75) is 58.3 Å². The van der Waals surface area contributed by atoms with Gasteiger partial charge in [0.25, 0.3) is 0 Å². The van der Waals surface area contributed by atoms with Crippen LogP contribution in [0.2, 0.25) is 0 Å². The van der Waals surface area contributed by atoms with Crippen LogP contribution in [0, 0.1) is 0 Å². The van der Waals surface area contributed by atoms with Crippen molar-refractivity contribution in [3.63, 3.8) is 0 Å². The molecule has 0 aromatic rings. The van der Waals surface area contributed by atoms with Crippen LogP contribution in [0.1, 0.15) is 58.3 Å². The van der Waals surface area contributed by atoms with E-state index in [9.17, 15) is 0 Å². The monoisotopic (exact) mass is 215 g/mol. The van der Waals surface area contributed by atoms with Crippen molar-refractivity contribution in [2.75, 3.05) is 19.6 Å². The average Bonchev–Trinajstić information content (AvgIpc) is 2.26. The Morgan fingerprint density at radius 1 is 0.733 bits per heavy atom. The third-order valence-electron chi connectivity index (χ3n) is 2.54. The van der Waals surface area contributed by atoms with Crippen LogP contribution in [0.15, 0.2) is 0 Å². The van der Waals surface area contributed by atoms with E-state index in [1.807, 2.05) is 0 Å². The number of hydrazine groups is 1. The first-order valence-corrected chi connectivity index (χ1v) is 6.57. The highest BCUT2D eigenvalue weighted by atomic mass is 15.3. The smallest absolute Gasteiger partial charge is 0.00997 e. The molecule has 0 saturated heterocycles. The van der Waals surface area contributed by atoms with Crippen molar-refractivity contribution in [2.24, 2.45) is 5.73 Å². The Labute approximate surface area is 95.2 Å². The fraction of sp³-hybridized carbons (Fsp3) is 1.00. The van der Waals surface area contributed by atoms with Crippen LogP contribution in [0.4, 0.5) is 0 Å². The molecule has 0 aliphatic heterocycles. The first-order valence-electron chi connectivity index (χ1n) is 6.57. The molecular formula is C12H29N3. The summed E-state index contributed by atoms with van der Waals surface area (Å²) >= 11 is 0. The molecular weight excluding hydrogens is 186 g/mol. The standard InChI is InChI=1S/C12H29N3/c1-2-3-4-8-11-14-15-12-9-6-5-7-10-13/h14-15H,2-13H2,1H3. The first kappa shape index (κ1) is 14.9. The quantitative estimate of drug-likeness (QED) is 0.345. The zero-order chi connectivity index (χ0) is 11.2. The lowest BCUT2D eigenvalue weighted by Gasteiger charge is -2.06. The summed E-state index contributed by atoms with van der Waals surface area (Å²) < 4.78 is 0. The summed E-state index contributed by atoms with van der Waals surface area (Å²) in [4.78, 5) is 0. The van der Waals surface area contributed by atoms with Crippen LogP contribution in [0.3, 0.4) is 0 Å². The van der Waals surface area contributed by atoms with Gasteiger partial charge in [0.2, 0.25) is 0 Å². The van der Waals surface area contributed by atoms with E-state index in [-0.39, 0.29) is 0 Å². The molecule has 0 aromatic heterocycles. The predicted molar refractivity (Wildman–Crippen MR) is 67.7 cm³/mol. The van der Waals surface area contributed by atoms with Crippen LogP contribution < -0.4 is 16.6 Å². The molecule has 0 saturated carbocycles. The summed E-state index contributed by atoms with van der Waals surface area (Å²) in [6, 6.07) is 0. The number of rotatable bonds is 12. The molecule has 0 aliphatic rings. The third kappa shape index (κ3) is 13.9. The number of nitrogens with one attached hydrogen (secondary N) is 2. The van der Waals surface area contributed by atoms with Crippen LogP contribution in [-0.2, 0) is 0 Å². The predicted octanol–water partition coefficient (Wildman–Crippen LogP) is 2.18. The van der Waals surface area contributed by atoms with Gasteiger partial charge in [-0.3, -0.25) is 10.9 Å². The van der Waals surface area contributed by atoms with Gasteiger partial charge in [-0.15, -0.1) is 0 Å². The highest BCUT2D eigenvalue weighted by Crippen LogP contribution is 1.97. The molecule has 0 unspecified atom stereocenters. The minimum atomic E-state index is 0.836. The number of nitrogens with two attached hydrogens (primary N) is 1. The molecule has 0 aromatic carbocycles. The van der Waals surface area contributed by atoms with E-state index in [1.165, 1.54) is 51.4 Å². The Balaban J connectivity index is 2.81. The molecule has 0 amide bonds. The minimum absolute atomic E-state index is 0.836. The number of hydrogen-bond acceptors (Lipinski definition) is 3. The second-order valence-electron chi connectivity index (χ2n) is 4.12. The molecule has 3 heteroatoms. The highest BCUT2D eigenvalue weighted by molar-refractivity contribution is 4.48. The zero-order valence-corrected chi connectivity index (χ0v) is 10.4. The van der Waals surface area contributed by atoms with E-state index < -0.39 is 0 Å². The Hall–Kier alpha value is -0.120. The summed E-state index contributed by atoms with van der Waals surface area (Å²) in [6.07, 6.45) is 10.3. The minimum Gasteiger partial charge on any atom is -0.330 e. The topological polar surface area (TPSA) is 50.1 Å². The van der Waals surface area contributed by atoms with Crippen LogP contribution in [-0.4, -0.2) is 19.6 Å². The molecule has 0 heterocycles. The van der Waals surface area contributed by atoms with Gasteiger partial charge >= 0.3 is 0 Å². The molecule has 0 spiro atoms. The van der Waals surface area contributed by atoms with Gasteiger partial charge in [-0.1, -0.05) is 39.0 Å². The van der Waals surface area contributed by atoms with E-state index in [0.29, 0.717) is 0 Å². The normalized spacial score (nSPS) is 10.8. The molecule has 15 heavy (non-hydrogen) atoms. The Kier molecular flexibility index (Phi) is 13.8. The molecule has 4 N–H and O–H groups in total. The second-order valence-corrected chi connectivity index (χ2v) is 4.12. The molecule has 0 fully saturated rings. The average molecular weight is 215 g/mol. The summed E-state index contributed by atoms with van der Waals surface area (Å²) in [5.74, 6) is 0. The number of unbranched alkanes of at least 4 members (excludes halogenated alkanes) is 6. The van der Waals surface area contributed by atoms with Crippen molar-refractivity contribution in [1.29, 1.82) is 0 Å². The number of hydrogen-bond donors (Lipinski definition) is 3. The Bertz CT molecular complexity index is 95.0. The lowest BCUT2D eigenvalue weighted by Crippen LogP contribution is -2.33. The fourth-order valence-electron chi connectivity index (χ4n) is 1.53. The van der Waals surface area contributed by atoms with Gasteiger partial charge in [0, 0.05) is 13.1 Å². The van der Waals surface area contributed by atoms with Gasteiger partial charge in [0.15, 0.2) is 0 Å². The van der Waals surface area contributed by atoms with E-state index in [1.54, 1.807) is 0 Å². The molecule has 0 rings (SSSR count). The van der Waals surface area contributed by atoms with Crippen molar-refractivity contribution < 1.29 is 0 Å². The summed E-state index contributed by atoms with van der Waals surface area (Å²) in [5, 5.41) is 0. The van der Waals surface area contributed by atoms with E-state index >= 15 is 0 Å². The van der Waals surface area contributed by atoms with Gasteiger partial charge < -0.3 is 5.73 Å². The van der Waals surface area contributed by atoms with Gasteiger partial charge in [-0.2, -0.15) is 0 Å². The van der Waals surface area contributed by atoms with Crippen LogP contribution in [0.25, 0.3) is 0 Å². The largest absolute Gasteiger partial charge is 0.330 e. The first-order chi connectivity index (χ1) is 7.41. The van der Waals surface area contributed by atoms with Gasteiger partial charge in [-0.25, -0.2) is 0 Å². The maximum absolute atomic E-state index is 5.42. The Morgan fingerprint density at radius 3 is 1.80 bits per heavy atom. The van der Waals surface area contributed by atoms with Crippen LogP contribution in [0.5, 0.6) is 0 Å². The second kappa shape index (κ2) is 13.9. The van der Waals surface area contributed by atoms with Gasteiger partial charge in [0.1, 0.15) is 0 Å². The molecule has 0 radical (unpaired) electrons. The molecule has 0 bridgehead atoms. The maximum atomic E-state index is 5.42. The lowest BCUT2D eigenvalue weighted by atomic mass is 10.2. The van der Waals surface area contributed by atoms with E-state index in [4.69, 9.17) is 5.73 Å². The molecule has 92 valence electrons. The molecule has 0 atom stereocenters. The lowest BCUT2D eigenvalue weighted by molar-refractivity contribution is 0.486. The summed E-state index contributed by atoms with van der Waals surface area (Å²) in [7, 11) is 0. The maximum Gasteiger partial charge on any atom is 0.00997 e. The Morgan fingerprint density at radius 2 is 1.27 bits per heavy atom. The van der Waals surface area contributed by atoms with Crippen molar-refractivity contribution in [1.82, 2.24) is 10.9 Å². The van der Waals surface area contributed by atoms with Crippen molar-refractivity contribution in [3.05, 3.63) is 0 Å². The zero-order valence-electron chi connectivity index (χ0n) is 10.4. The summed E-state index contributed by atoms with van der Waals surface area (Å²) in [5.41, 5.74) is 11.9.